The first-order valence-electron chi connectivity index (χ1n) is 3.01. The van der Waals surface area contributed by atoms with Gasteiger partial charge >= 0.3 is 29.6 Å². The molecule has 10 heavy (non-hydrogen) atoms. The van der Waals surface area contributed by atoms with Crippen LogP contribution in [0.4, 0.5) is 0 Å². The molecular weight excluding hydrogens is 153 g/mol. The molecule has 0 aliphatic carbocycles. The molecule has 0 saturated heterocycles. The molecule has 0 fully saturated rings. The molecule has 0 atom stereocenters. The SMILES string of the molecule is CCc1cccc(=S)[nH]1.[H-].[Na+]. The summed E-state index contributed by atoms with van der Waals surface area (Å²) < 4.78 is 0.814. The average Bonchev–Trinajstić information content (AvgIpc) is 1.88. The number of aromatic nitrogens is 1. The molecule has 0 aromatic carbocycles. The van der Waals surface area contributed by atoms with Crippen molar-refractivity contribution in [1.29, 1.82) is 0 Å². The molecule has 0 amide bonds. The molecule has 1 rings (SSSR count). The molecule has 0 spiro atoms. The molecule has 50 valence electrons. The molecule has 0 saturated carbocycles. The quantitative estimate of drug-likeness (QED) is 0.433. The third kappa shape index (κ3) is 2.97. The Morgan fingerprint density at radius 2 is 2.30 bits per heavy atom. The third-order valence-electron chi connectivity index (χ3n) is 1.21. The fourth-order valence-corrected chi connectivity index (χ4v) is 0.909. The number of hydrogen-bond donors (Lipinski definition) is 1. The maximum atomic E-state index is 4.91. The normalized spacial score (nSPS) is 8.50. The molecule has 3 heteroatoms. The van der Waals surface area contributed by atoms with Crippen LogP contribution >= 0.6 is 12.2 Å². The van der Waals surface area contributed by atoms with Gasteiger partial charge in [0.15, 0.2) is 0 Å². The van der Waals surface area contributed by atoms with E-state index in [0.717, 1.165) is 11.1 Å². The zero-order valence-corrected chi connectivity index (χ0v) is 9.16. The van der Waals surface area contributed by atoms with E-state index in [1.165, 1.54) is 5.69 Å². The minimum Gasteiger partial charge on any atom is -1.00 e. The van der Waals surface area contributed by atoms with Gasteiger partial charge in [0.25, 0.3) is 0 Å². The van der Waals surface area contributed by atoms with Crippen LogP contribution in [0.3, 0.4) is 0 Å². The van der Waals surface area contributed by atoms with Crippen molar-refractivity contribution in [2.24, 2.45) is 0 Å². The number of H-pyrrole nitrogens is 1. The molecule has 0 bridgehead atoms. The van der Waals surface area contributed by atoms with Crippen LogP contribution in [-0.4, -0.2) is 4.98 Å². The topological polar surface area (TPSA) is 15.8 Å². The van der Waals surface area contributed by atoms with Crippen LogP contribution in [0.1, 0.15) is 14.0 Å². The van der Waals surface area contributed by atoms with Crippen molar-refractivity contribution in [3.63, 3.8) is 0 Å². The summed E-state index contributed by atoms with van der Waals surface area (Å²) in [4.78, 5) is 3.07. The number of aromatic amines is 1. The molecule has 1 nitrogen and oxygen atoms in total. The largest absolute Gasteiger partial charge is 1.00 e. The standard InChI is InChI=1S/C7H9NS.Na.H/c1-2-6-4-3-5-7(9)8-6;;/h3-5H,2H2,1H3,(H,8,9);;/q;+1;-1. The zero-order chi connectivity index (χ0) is 6.69. The van der Waals surface area contributed by atoms with Crippen molar-refractivity contribution in [2.75, 3.05) is 0 Å². The van der Waals surface area contributed by atoms with Crippen LogP contribution in [0, 0.1) is 4.64 Å². The van der Waals surface area contributed by atoms with E-state index in [2.05, 4.69) is 11.9 Å². The first kappa shape index (κ1) is 10.4. The van der Waals surface area contributed by atoms with Gasteiger partial charge in [-0.05, 0) is 18.6 Å². The van der Waals surface area contributed by atoms with E-state index in [1.807, 2.05) is 18.2 Å². The first-order chi connectivity index (χ1) is 4.33. The predicted octanol–water partition coefficient (Wildman–Crippen LogP) is -0.577. The number of aryl methyl sites for hydroxylation is 1. The summed E-state index contributed by atoms with van der Waals surface area (Å²) in [5, 5.41) is 0. The van der Waals surface area contributed by atoms with Crippen molar-refractivity contribution < 1.29 is 31.0 Å². The Morgan fingerprint density at radius 1 is 1.60 bits per heavy atom. The van der Waals surface area contributed by atoms with Gasteiger partial charge in [-0.3, -0.25) is 0 Å². The van der Waals surface area contributed by atoms with E-state index >= 15 is 0 Å². The summed E-state index contributed by atoms with van der Waals surface area (Å²) in [6, 6.07) is 5.89. The molecule has 0 aliphatic heterocycles. The number of rotatable bonds is 1. The fraction of sp³-hybridized carbons (Fsp3) is 0.286. The van der Waals surface area contributed by atoms with Gasteiger partial charge in [-0.1, -0.05) is 25.2 Å². The Hall–Kier alpha value is 0.370. The molecule has 1 N–H and O–H groups in total. The molecule has 1 aromatic rings. The van der Waals surface area contributed by atoms with Crippen molar-refractivity contribution in [3.8, 4) is 0 Å². The summed E-state index contributed by atoms with van der Waals surface area (Å²) >= 11 is 4.91. The van der Waals surface area contributed by atoms with E-state index < -0.39 is 0 Å². The van der Waals surface area contributed by atoms with Crippen LogP contribution in [0.25, 0.3) is 0 Å². The number of pyridine rings is 1. The minimum absolute atomic E-state index is 0. The van der Waals surface area contributed by atoms with Gasteiger partial charge in [0, 0.05) is 5.69 Å². The van der Waals surface area contributed by atoms with Crippen molar-refractivity contribution in [3.05, 3.63) is 28.5 Å². The van der Waals surface area contributed by atoms with E-state index in [4.69, 9.17) is 12.2 Å². The van der Waals surface area contributed by atoms with Crippen LogP contribution in [0.5, 0.6) is 0 Å². The van der Waals surface area contributed by atoms with Gasteiger partial charge in [-0.25, -0.2) is 0 Å². The van der Waals surface area contributed by atoms with Crippen molar-refractivity contribution in [1.82, 2.24) is 4.98 Å². The maximum Gasteiger partial charge on any atom is 1.00 e. The Morgan fingerprint density at radius 3 is 2.70 bits per heavy atom. The van der Waals surface area contributed by atoms with Gasteiger partial charge in [-0.15, -0.1) is 0 Å². The van der Waals surface area contributed by atoms with Gasteiger partial charge in [-0.2, -0.15) is 0 Å². The molecular formula is C7H10NNaS. The molecule has 1 heterocycles. The van der Waals surface area contributed by atoms with Crippen molar-refractivity contribution >= 4 is 12.2 Å². The molecule has 0 unspecified atom stereocenters. The third-order valence-corrected chi connectivity index (χ3v) is 1.45. The Bertz CT molecular complexity index is 248. The maximum absolute atomic E-state index is 4.91. The van der Waals surface area contributed by atoms with E-state index in [-0.39, 0.29) is 31.0 Å². The fourth-order valence-electron chi connectivity index (χ4n) is 0.699. The summed E-state index contributed by atoms with van der Waals surface area (Å²) in [5.41, 5.74) is 1.20. The summed E-state index contributed by atoms with van der Waals surface area (Å²) in [5.74, 6) is 0. The monoisotopic (exact) mass is 163 g/mol. The van der Waals surface area contributed by atoms with E-state index in [9.17, 15) is 0 Å². The van der Waals surface area contributed by atoms with E-state index in [1.54, 1.807) is 0 Å². The number of hydrogen-bond acceptors (Lipinski definition) is 1. The minimum atomic E-state index is 0. The summed E-state index contributed by atoms with van der Waals surface area (Å²) in [6.07, 6.45) is 1.02. The van der Waals surface area contributed by atoms with Crippen LogP contribution < -0.4 is 29.6 Å². The number of nitrogens with one attached hydrogen (secondary N) is 1. The summed E-state index contributed by atoms with van der Waals surface area (Å²) in [7, 11) is 0. The summed E-state index contributed by atoms with van der Waals surface area (Å²) in [6.45, 7) is 2.10. The Kier molecular flexibility index (Phi) is 5.27. The first-order valence-corrected chi connectivity index (χ1v) is 3.42. The second kappa shape index (κ2) is 5.08. The predicted molar refractivity (Wildman–Crippen MR) is 42.1 cm³/mol. The van der Waals surface area contributed by atoms with E-state index in [0.29, 0.717) is 0 Å². The van der Waals surface area contributed by atoms with Crippen LogP contribution in [0.15, 0.2) is 18.2 Å². The molecule has 0 radical (unpaired) electrons. The van der Waals surface area contributed by atoms with Crippen LogP contribution in [-0.2, 0) is 6.42 Å². The van der Waals surface area contributed by atoms with Gasteiger partial charge in [0.05, 0.1) is 0 Å². The Balaban J connectivity index is 0. The molecule has 1 aromatic heterocycles. The second-order valence-corrected chi connectivity index (χ2v) is 2.33. The van der Waals surface area contributed by atoms with Gasteiger partial charge < -0.3 is 6.41 Å². The van der Waals surface area contributed by atoms with Crippen LogP contribution in [0.2, 0.25) is 0 Å². The Labute approximate surface area is 89.6 Å². The molecule has 0 aliphatic rings. The van der Waals surface area contributed by atoms with Gasteiger partial charge in [0.2, 0.25) is 0 Å². The zero-order valence-electron chi connectivity index (χ0n) is 7.35. The second-order valence-electron chi connectivity index (χ2n) is 1.89. The van der Waals surface area contributed by atoms with Gasteiger partial charge in [0.1, 0.15) is 4.64 Å². The smallest absolute Gasteiger partial charge is 1.00 e. The average molecular weight is 163 g/mol. The van der Waals surface area contributed by atoms with Crippen molar-refractivity contribution in [2.45, 2.75) is 13.3 Å².